The second-order valence-electron chi connectivity index (χ2n) is 7.41. The summed E-state index contributed by atoms with van der Waals surface area (Å²) in [5, 5.41) is 12.3. The molecule has 0 saturated carbocycles. The number of hydrogen-bond donors (Lipinski definition) is 1. The fraction of sp³-hybridized carbons (Fsp3) is 0.292. The van der Waals surface area contributed by atoms with Gasteiger partial charge in [-0.3, -0.25) is 9.36 Å². The van der Waals surface area contributed by atoms with Crippen molar-refractivity contribution in [3.05, 3.63) is 60.7 Å². The number of methoxy groups -OCH3 is 1. The Labute approximate surface area is 197 Å². The summed E-state index contributed by atoms with van der Waals surface area (Å²) in [7, 11) is 1.63. The van der Waals surface area contributed by atoms with Crippen molar-refractivity contribution in [2.45, 2.75) is 24.7 Å². The Bertz CT molecular complexity index is 1130. The van der Waals surface area contributed by atoms with Crippen LogP contribution in [0.4, 0.5) is 0 Å². The Morgan fingerprint density at radius 3 is 2.70 bits per heavy atom. The SMILES string of the molecule is C=CCn1c(SCC(=O)N[C@@H](C)c2ccc3c(c2)OCCO3)nnc1-c1ccc(OC)cc1. The van der Waals surface area contributed by atoms with Crippen molar-refractivity contribution in [1.29, 1.82) is 0 Å². The standard InChI is InChI=1S/C24H26N4O4S/c1-4-11-28-23(17-5-8-19(30-3)9-6-17)26-27-24(28)33-15-22(29)25-16(2)18-7-10-20-21(14-18)32-13-12-31-20/h4-10,14,16H,1,11-13,15H2,2-3H3,(H,25,29)/t16-/m0/s1. The van der Waals surface area contributed by atoms with Crippen LogP contribution < -0.4 is 19.5 Å². The van der Waals surface area contributed by atoms with Gasteiger partial charge in [0.05, 0.1) is 18.9 Å². The lowest BCUT2D eigenvalue weighted by Gasteiger charge is -2.21. The molecule has 2 aromatic carbocycles. The van der Waals surface area contributed by atoms with Gasteiger partial charge in [0.1, 0.15) is 19.0 Å². The molecule has 3 aromatic rings. The first-order valence-electron chi connectivity index (χ1n) is 10.6. The van der Waals surface area contributed by atoms with Gasteiger partial charge in [0.25, 0.3) is 0 Å². The van der Waals surface area contributed by atoms with Gasteiger partial charge in [0.2, 0.25) is 5.91 Å². The number of amides is 1. The minimum atomic E-state index is -0.171. The molecule has 8 nitrogen and oxygen atoms in total. The second-order valence-corrected chi connectivity index (χ2v) is 8.36. The fourth-order valence-corrected chi connectivity index (χ4v) is 4.23. The van der Waals surface area contributed by atoms with E-state index in [4.69, 9.17) is 14.2 Å². The first kappa shape index (κ1) is 22.7. The van der Waals surface area contributed by atoms with E-state index in [0.29, 0.717) is 36.5 Å². The van der Waals surface area contributed by atoms with Crippen LogP contribution in [0.1, 0.15) is 18.5 Å². The number of nitrogens with one attached hydrogen (secondary N) is 1. The summed E-state index contributed by atoms with van der Waals surface area (Å²) in [5.41, 5.74) is 1.86. The van der Waals surface area contributed by atoms with Gasteiger partial charge in [-0.15, -0.1) is 16.8 Å². The zero-order valence-electron chi connectivity index (χ0n) is 18.6. The monoisotopic (exact) mass is 466 g/mol. The average molecular weight is 467 g/mol. The van der Waals surface area contributed by atoms with Crippen molar-refractivity contribution in [3.8, 4) is 28.6 Å². The minimum absolute atomic E-state index is 0.0958. The lowest BCUT2D eigenvalue weighted by atomic mass is 10.1. The average Bonchev–Trinajstić information content (AvgIpc) is 3.25. The van der Waals surface area contributed by atoms with Gasteiger partial charge < -0.3 is 19.5 Å². The predicted molar refractivity (Wildman–Crippen MR) is 127 cm³/mol. The molecule has 0 fully saturated rings. The summed E-state index contributed by atoms with van der Waals surface area (Å²) in [6, 6.07) is 13.2. The van der Waals surface area contributed by atoms with Crippen LogP contribution in [0.25, 0.3) is 11.4 Å². The largest absolute Gasteiger partial charge is 0.497 e. The number of nitrogens with zero attached hydrogens (tertiary/aromatic N) is 3. The van der Waals surface area contributed by atoms with Crippen LogP contribution in [0.15, 0.2) is 60.3 Å². The molecule has 172 valence electrons. The predicted octanol–water partition coefficient (Wildman–Crippen LogP) is 3.88. The summed E-state index contributed by atoms with van der Waals surface area (Å²) in [4.78, 5) is 12.6. The number of allylic oxidation sites excluding steroid dienone is 1. The van der Waals surface area contributed by atoms with Crippen molar-refractivity contribution in [2.75, 3.05) is 26.1 Å². The Kier molecular flexibility index (Phi) is 7.19. The number of rotatable bonds is 9. The van der Waals surface area contributed by atoms with Gasteiger partial charge in [-0.05, 0) is 48.9 Å². The highest BCUT2D eigenvalue weighted by Gasteiger charge is 2.18. The molecule has 1 N–H and O–H groups in total. The highest BCUT2D eigenvalue weighted by molar-refractivity contribution is 7.99. The van der Waals surface area contributed by atoms with Crippen molar-refractivity contribution < 1.29 is 19.0 Å². The van der Waals surface area contributed by atoms with E-state index in [1.54, 1.807) is 13.2 Å². The molecule has 1 atom stereocenters. The maximum Gasteiger partial charge on any atom is 0.230 e. The molecule has 0 bridgehead atoms. The molecule has 0 radical (unpaired) electrons. The minimum Gasteiger partial charge on any atom is -0.497 e. The molecule has 1 aromatic heterocycles. The van der Waals surface area contributed by atoms with Gasteiger partial charge in [-0.25, -0.2) is 0 Å². The molecule has 1 aliphatic heterocycles. The molecule has 0 unspecified atom stereocenters. The number of carbonyl (C=O) groups is 1. The van der Waals surface area contributed by atoms with Crippen LogP contribution in [0.5, 0.6) is 17.2 Å². The third kappa shape index (κ3) is 5.31. The van der Waals surface area contributed by atoms with E-state index >= 15 is 0 Å². The van der Waals surface area contributed by atoms with E-state index in [-0.39, 0.29) is 17.7 Å². The summed E-state index contributed by atoms with van der Waals surface area (Å²) in [6.07, 6.45) is 1.78. The van der Waals surface area contributed by atoms with Gasteiger partial charge in [-0.1, -0.05) is 23.9 Å². The van der Waals surface area contributed by atoms with E-state index < -0.39 is 0 Å². The smallest absolute Gasteiger partial charge is 0.230 e. The van der Waals surface area contributed by atoms with E-state index in [2.05, 4.69) is 22.1 Å². The Balaban J connectivity index is 1.40. The van der Waals surface area contributed by atoms with E-state index in [1.165, 1.54) is 11.8 Å². The van der Waals surface area contributed by atoms with Crippen LogP contribution in [0.3, 0.4) is 0 Å². The van der Waals surface area contributed by atoms with Crippen molar-refractivity contribution in [1.82, 2.24) is 20.1 Å². The maximum absolute atomic E-state index is 12.6. The molecule has 1 aliphatic rings. The number of fused-ring (bicyclic) bond motifs is 1. The summed E-state index contributed by atoms with van der Waals surface area (Å²) >= 11 is 1.34. The molecule has 0 spiro atoms. The Hall–Kier alpha value is -3.46. The van der Waals surface area contributed by atoms with E-state index in [0.717, 1.165) is 22.6 Å². The lowest BCUT2D eigenvalue weighted by molar-refractivity contribution is -0.119. The highest BCUT2D eigenvalue weighted by atomic mass is 32.2. The van der Waals surface area contributed by atoms with Crippen LogP contribution >= 0.6 is 11.8 Å². The third-order valence-corrected chi connectivity index (χ3v) is 6.12. The fourth-order valence-electron chi connectivity index (χ4n) is 3.47. The first-order chi connectivity index (χ1) is 16.1. The molecular weight excluding hydrogens is 440 g/mol. The Morgan fingerprint density at radius 2 is 1.97 bits per heavy atom. The second kappa shape index (κ2) is 10.4. The summed E-state index contributed by atoms with van der Waals surface area (Å²) in [6.45, 7) is 7.38. The molecule has 0 aliphatic carbocycles. The van der Waals surface area contributed by atoms with Crippen LogP contribution in [-0.2, 0) is 11.3 Å². The Morgan fingerprint density at radius 1 is 1.21 bits per heavy atom. The van der Waals surface area contributed by atoms with Crippen LogP contribution in [0, 0.1) is 0 Å². The molecule has 4 rings (SSSR count). The topological polar surface area (TPSA) is 87.5 Å². The molecule has 33 heavy (non-hydrogen) atoms. The third-order valence-electron chi connectivity index (χ3n) is 5.15. The van der Waals surface area contributed by atoms with E-state index in [1.807, 2.05) is 54.0 Å². The van der Waals surface area contributed by atoms with Crippen molar-refractivity contribution in [2.24, 2.45) is 0 Å². The van der Waals surface area contributed by atoms with Gasteiger partial charge in [0, 0.05) is 12.1 Å². The summed E-state index contributed by atoms with van der Waals surface area (Å²) in [5.74, 6) is 3.04. The van der Waals surface area contributed by atoms with Gasteiger partial charge >= 0.3 is 0 Å². The molecule has 2 heterocycles. The van der Waals surface area contributed by atoms with E-state index in [9.17, 15) is 4.79 Å². The molecule has 1 amide bonds. The number of hydrogen-bond acceptors (Lipinski definition) is 7. The van der Waals surface area contributed by atoms with Crippen LogP contribution in [0.2, 0.25) is 0 Å². The number of ether oxygens (including phenoxy) is 3. The number of thioether (sulfide) groups is 1. The zero-order valence-corrected chi connectivity index (χ0v) is 19.4. The quantitative estimate of drug-likeness (QED) is 0.378. The normalized spacial score (nSPS) is 13.3. The van der Waals surface area contributed by atoms with Gasteiger partial charge in [-0.2, -0.15) is 0 Å². The zero-order chi connectivity index (χ0) is 23.2. The van der Waals surface area contributed by atoms with Crippen LogP contribution in [-0.4, -0.2) is 46.7 Å². The first-order valence-corrected chi connectivity index (χ1v) is 11.6. The molecular formula is C24H26N4O4S. The maximum atomic E-state index is 12.6. The number of aromatic nitrogens is 3. The number of benzene rings is 2. The number of carbonyl (C=O) groups excluding carboxylic acids is 1. The van der Waals surface area contributed by atoms with Gasteiger partial charge in [0.15, 0.2) is 22.5 Å². The van der Waals surface area contributed by atoms with Crippen molar-refractivity contribution in [3.63, 3.8) is 0 Å². The summed E-state index contributed by atoms with van der Waals surface area (Å²) < 4.78 is 18.4. The molecule has 0 saturated heterocycles. The lowest BCUT2D eigenvalue weighted by Crippen LogP contribution is -2.28. The van der Waals surface area contributed by atoms with Crippen molar-refractivity contribution >= 4 is 17.7 Å². The molecule has 9 heteroatoms. The highest BCUT2D eigenvalue weighted by Crippen LogP contribution is 2.32.